The second-order valence-corrected chi connectivity index (χ2v) is 4.27. The minimum absolute atomic E-state index is 0.0905. The van der Waals surface area contributed by atoms with Gasteiger partial charge in [-0.1, -0.05) is 6.07 Å². The van der Waals surface area contributed by atoms with Crippen molar-refractivity contribution in [3.05, 3.63) is 30.1 Å². The lowest BCUT2D eigenvalue weighted by atomic mass is 10.0. The third-order valence-corrected chi connectivity index (χ3v) is 3.10. The molecule has 2 N–H and O–H groups in total. The topological polar surface area (TPSA) is 48.4 Å². The number of piperidine rings is 1. The van der Waals surface area contributed by atoms with E-state index in [1.807, 2.05) is 12.3 Å². The molecule has 0 amide bonds. The largest absolute Gasteiger partial charge is 0.381 e. The molecule has 1 fully saturated rings. The number of aliphatic hydroxyl groups is 1. The van der Waals surface area contributed by atoms with Crippen LogP contribution in [0.2, 0.25) is 0 Å². The molecule has 88 valence electrons. The maximum absolute atomic E-state index is 8.79. The Morgan fingerprint density at radius 3 is 2.88 bits per heavy atom. The second kappa shape index (κ2) is 5.94. The average molecular weight is 221 g/mol. The van der Waals surface area contributed by atoms with Crippen LogP contribution < -0.4 is 5.32 Å². The van der Waals surface area contributed by atoms with Gasteiger partial charge in [0.2, 0.25) is 0 Å². The standard InChI is InChI=1S/C12H19N3O/c16-10-14-12-3-6-15(7-4-12)9-11-2-1-5-13-8-11/h1-2,5,8,12,14,16H,3-4,6-7,9-10H2. The number of nitrogens with one attached hydrogen (secondary N) is 1. The molecule has 1 aromatic rings. The van der Waals surface area contributed by atoms with Crippen LogP contribution in [0.4, 0.5) is 0 Å². The maximum Gasteiger partial charge on any atom is 0.0933 e. The van der Waals surface area contributed by atoms with E-state index in [2.05, 4.69) is 21.3 Å². The molecule has 0 bridgehead atoms. The zero-order chi connectivity index (χ0) is 11.2. The molecule has 2 heterocycles. The fourth-order valence-corrected chi connectivity index (χ4v) is 2.17. The minimum Gasteiger partial charge on any atom is -0.381 e. The van der Waals surface area contributed by atoms with Crippen molar-refractivity contribution < 1.29 is 5.11 Å². The Kier molecular flexibility index (Phi) is 4.27. The summed E-state index contributed by atoms with van der Waals surface area (Å²) in [5, 5.41) is 11.9. The number of aromatic nitrogens is 1. The van der Waals surface area contributed by atoms with Gasteiger partial charge in [0.1, 0.15) is 0 Å². The first kappa shape index (κ1) is 11.5. The molecule has 1 saturated heterocycles. The Bertz CT molecular complexity index is 296. The van der Waals surface area contributed by atoms with Crippen LogP contribution in [-0.2, 0) is 6.54 Å². The van der Waals surface area contributed by atoms with Crippen molar-refractivity contribution in [1.82, 2.24) is 15.2 Å². The molecule has 1 aromatic heterocycles. The Morgan fingerprint density at radius 1 is 1.44 bits per heavy atom. The SMILES string of the molecule is OCNC1CCN(Cc2cccnc2)CC1. The molecule has 4 nitrogen and oxygen atoms in total. The predicted molar refractivity (Wildman–Crippen MR) is 62.8 cm³/mol. The Balaban J connectivity index is 1.77. The van der Waals surface area contributed by atoms with Gasteiger partial charge in [0, 0.05) is 25.0 Å². The van der Waals surface area contributed by atoms with Crippen LogP contribution in [0.3, 0.4) is 0 Å². The van der Waals surface area contributed by atoms with Crippen molar-refractivity contribution in [2.75, 3.05) is 19.8 Å². The van der Waals surface area contributed by atoms with Crippen molar-refractivity contribution in [3.63, 3.8) is 0 Å². The highest BCUT2D eigenvalue weighted by molar-refractivity contribution is 5.08. The van der Waals surface area contributed by atoms with Crippen molar-refractivity contribution in [1.29, 1.82) is 0 Å². The summed E-state index contributed by atoms with van der Waals surface area (Å²) in [4.78, 5) is 6.56. The Morgan fingerprint density at radius 2 is 2.25 bits per heavy atom. The van der Waals surface area contributed by atoms with E-state index in [0.29, 0.717) is 6.04 Å². The van der Waals surface area contributed by atoms with Gasteiger partial charge in [0.25, 0.3) is 0 Å². The summed E-state index contributed by atoms with van der Waals surface area (Å²) in [7, 11) is 0. The van der Waals surface area contributed by atoms with Crippen LogP contribution in [0, 0.1) is 0 Å². The molecule has 1 aliphatic heterocycles. The maximum atomic E-state index is 8.79. The predicted octanol–water partition coefficient (Wildman–Crippen LogP) is 0.585. The zero-order valence-corrected chi connectivity index (χ0v) is 9.47. The molecule has 0 spiro atoms. The smallest absolute Gasteiger partial charge is 0.0933 e. The molecule has 0 atom stereocenters. The lowest BCUT2D eigenvalue weighted by Crippen LogP contribution is -2.42. The highest BCUT2D eigenvalue weighted by Crippen LogP contribution is 2.12. The van der Waals surface area contributed by atoms with E-state index in [9.17, 15) is 0 Å². The van der Waals surface area contributed by atoms with Gasteiger partial charge in [-0.2, -0.15) is 0 Å². The number of aliphatic hydroxyl groups excluding tert-OH is 1. The van der Waals surface area contributed by atoms with E-state index < -0.39 is 0 Å². The molecule has 16 heavy (non-hydrogen) atoms. The third-order valence-electron chi connectivity index (χ3n) is 3.10. The molecule has 4 heteroatoms. The number of pyridine rings is 1. The van der Waals surface area contributed by atoms with Gasteiger partial charge in [-0.3, -0.25) is 15.2 Å². The third kappa shape index (κ3) is 3.27. The molecule has 0 radical (unpaired) electrons. The van der Waals surface area contributed by atoms with E-state index in [1.54, 1.807) is 6.20 Å². The number of hydrogen-bond donors (Lipinski definition) is 2. The molecule has 1 aliphatic rings. The molecule has 0 aliphatic carbocycles. The lowest BCUT2D eigenvalue weighted by Gasteiger charge is -2.31. The number of nitrogens with zero attached hydrogens (tertiary/aromatic N) is 2. The van der Waals surface area contributed by atoms with Gasteiger partial charge < -0.3 is 5.11 Å². The monoisotopic (exact) mass is 221 g/mol. The lowest BCUT2D eigenvalue weighted by molar-refractivity contribution is 0.163. The van der Waals surface area contributed by atoms with E-state index in [0.717, 1.165) is 32.5 Å². The normalized spacial score (nSPS) is 18.8. The summed E-state index contributed by atoms with van der Waals surface area (Å²) in [6.45, 7) is 3.26. The minimum atomic E-state index is 0.0905. The Hall–Kier alpha value is -0.970. The number of likely N-dealkylation sites (tertiary alicyclic amines) is 1. The van der Waals surface area contributed by atoms with E-state index >= 15 is 0 Å². The summed E-state index contributed by atoms with van der Waals surface area (Å²) in [5.41, 5.74) is 1.27. The highest BCUT2D eigenvalue weighted by atomic mass is 16.3. The van der Waals surface area contributed by atoms with Crippen LogP contribution >= 0.6 is 0 Å². The zero-order valence-electron chi connectivity index (χ0n) is 9.47. The molecule has 2 rings (SSSR count). The van der Waals surface area contributed by atoms with Crippen LogP contribution in [0.25, 0.3) is 0 Å². The van der Waals surface area contributed by atoms with Gasteiger partial charge >= 0.3 is 0 Å². The highest BCUT2D eigenvalue weighted by Gasteiger charge is 2.18. The number of rotatable bonds is 4. The molecular weight excluding hydrogens is 202 g/mol. The van der Waals surface area contributed by atoms with Crippen LogP contribution in [-0.4, -0.2) is 40.9 Å². The summed E-state index contributed by atoms with van der Waals surface area (Å²) in [6.07, 6.45) is 5.96. The average Bonchev–Trinajstić information content (AvgIpc) is 2.33. The van der Waals surface area contributed by atoms with Gasteiger partial charge in [0.05, 0.1) is 6.73 Å². The fraction of sp³-hybridized carbons (Fsp3) is 0.583. The van der Waals surface area contributed by atoms with Crippen LogP contribution in [0.1, 0.15) is 18.4 Å². The summed E-state index contributed by atoms with van der Waals surface area (Å²) in [5.74, 6) is 0. The van der Waals surface area contributed by atoms with Crippen LogP contribution in [0.15, 0.2) is 24.5 Å². The van der Waals surface area contributed by atoms with Crippen LogP contribution in [0.5, 0.6) is 0 Å². The van der Waals surface area contributed by atoms with E-state index in [-0.39, 0.29) is 6.73 Å². The summed E-state index contributed by atoms with van der Waals surface area (Å²) >= 11 is 0. The summed E-state index contributed by atoms with van der Waals surface area (Å²) in [6, 6.07) is 4.58. The quantitative estimate of drug-likeness (QED) is 0.730. The van der Waals surface area contributed by atoms with Gasteiger partial charge in [-0.25, -0.2) is 0 Å². The van der Waals surface area contributed by atoms with Gasteiger partial charge in [-0.15, -0.1) is 0 Å². The molecule has 0 saturated carbocycles. The molecular formula is C12H19N3O. The van der Waals surface area contributed by atoms with E-state index in [1.165, 1.54) is 5.56 Å². The van der Waals surface area contributed by atoms with Crippen molar-refractivity contribution in [2.24, 2.45) is 0 Å². The second-order valence-electron chi connectivity index (χ2n) is 4.27. The number of hydrogen-bond acceptors (Lipinski definition) is 4. The molecule has 0 unspecified atom stereocenters. The van der Waals surface area contributed by atoms with Crippen molar-refractivity contribution in [3.8, 4) is 0 Å². The van der Waals surface area contributed by atoms with Gasteiger partial charge in [-0.05, 0) is 37.6 Å². The fourth-order valence-electron chi connectivity index (χ4n) is 2.17. The van der Waals surface area contributed by atoms with Crippen molar-refractivity contribution >= 4 is 0 Å². The van der Waals surface area contributed by atoms with E-state index in [4.69, 9.17) is 5.11 Å². The first-order chi connectivity index (χ1) is 7.88. The van der Waals surface area contributed by atoms with Crippen molar-refractivity contribution in [2.45, 2.75) is 25.4 Å². The summed E-state index contributed by atoms with van der Waals surface area (Å²) < 4.78 is 0. The molecule has 0 aromatic carbocycles. The van der Waals surface area contributed by atoms with Gasteiger partial charge in [0.15, 0.2) is 0 Å². The first-order valence-corrected chi connectivity index (χ1v) is 5.84. The first-order valence-electron chi connectivity index (χ1n) is 5.84. The Labute approximate surface area is 96.3 Å².